The molecule has 4 heteroatoms. The number of nitrogens with zero attached hydrogens (tertiary/aromatic N) is 4. The highest BCUT2D eigenvalue weighted by Gasteiger charge is 2.38. The van der Waals surface area contributed by atoms with Gasteiger partial charge in [-0.1, -0.05) is 145 Å². The lowest BCUT2D eigenvalue weighted by molar-refractivity contribution is -0.652. The Morgan fingerprint density at radius 2 is 1.42 bits per heavy atom. The van der Waals surface area contributed by atoms with Gasteiger partial charge in [-0.2, -0.15) is 4.57 Å². The third kappa shape index (κ3) is 6.19. The summed E-state index contributed by atoms with van der Waals surface area (Å²) in [5.41, 5.74) is 17.6. The van der Waals surface area contributed by atoms with Gasteiger partial charge in [0.15, 0.2) is 11.0 Å². The quantitative estimate of drug-likeness (QED) is 0.114. The smallest absolute Gasteiger partial charge is 0.295 e. The molecular weight excluding hydrogens is 729 g/mol. The van der Waals surface area contributed by atoms with Crippen LogP contribution in [-0.2, 0) is 13.0 Å². The summed E-state index contributed by atoms with van der Waals surface area (Å²) in [5, 5.41) is 2.53. The average Bonchev–Trinajstić information content (AvgIpc) is 3.76. The minimum atomic E-state index is -0.0566. The van der Waals surface area contributed by atoms with Crippen LogP contribution < -0.4 is 4.57 Å². The molecular formula is C56H55N4+. The predicted octanol–water partition coefficient (Wildman–Crippen LogP) is 13.7. The number of benzene rings is 6. The summed E-state index contributed by atoms with van der Waals surface area (Å²) in [7, 11) is 0. The van der Waals surface area contributed by atoms with Crippen LogP contribution in [0.2, 0.25) is 0 Å². The molecule has 0 N–H and O–H groups in total. The molecule has 2 aromatic heterocycles. The van der Waals surface area contributed by atoms with Crippen molar-refractivity contribution in [3.05, 3.63) is 186 Å². The number of aliphatic imine (C=N–C) groups is 1. The molecule has 0 radical (unpaired) electrons. The maximum absolute atomic E-state index is 5.66. The first-order valence-electron chi connectivity index (χ1n) is 22.1. The molecule has 0 aliphatic carbocycles. The lowest BCUT2D eigenvalue weighted by Crippen LogP contribution is -2.41. The van der Waals surface area contributed by atoms with Gasteiger partial charge in [0, 0.05) is 39.1 Å². The van der Waals surface area contributed by atoms with E-state index in [0.29, 0.717) is 18.4 Å². The van der Waals surface area contributed by atoms with Crippen LogP contribution in [0, 0.1) is 0 Å². The van der Waals surface area contributed by atoms with Crippen molar-refractivity contribution >= 4 is 38.6 Å². The Kier molecular flexibility index (Phi) is 9.75. The van der Waals surface area contributed by atoms with E-state index in [4.69, 9.17) is 11.6 Å². The summed E-state index contributed by atoms with van der Waals surface area (Å²) < 4.78 is 7.69. The Morgan fingerprint density at radius 1 is 0.717 bits per heavy atom. The van der Waals surface area contributed by atoms with Crippen molar-refractivity contribution in [1.82, 2.24) is 9.13 Å². The highest BCUT2D eigenvalue weighted by Crippen LogP contribution is 2.44. The van der Waals surface area contributed by atoms with E-state index in [2.05, 4.69) is 194 Å². The largest absolute Gasteiger partial charge is 0.309 e. The number of aryl methyl sites for hydroxylation is 1. The number of unbranched alkanes of at least 4 members (excludes halogenated alkanes) is 1. The van der Waals surface area contributed by atoms with Gasteiger partial charge in [-0.15, -0.1) is 0 Å². The van der Waals surface area contributed by atoms with Gasteiger partial charge in [0.2, 0.25) is 0 Å². The first-order valence-corrected chi connectivity index (χ1v) is 22.1. The molecule has 60 heavy (non-hydrogen) atoms. The van der Waals surface area contributed by atoms with E-state index in [0.717, 1.165) is 37.0 Å². The molecule has 2 aliphatic heterocycles. The van der Waals surface area contributed by atoms with Crippen molar-refractivity contribution in [2.75, 3.05) is 0 Å². The first-order chi connectivity index (χ1) is 29.3. The van der Waals surface area contributed by atoms with Crippen LogP contribution in [0.4, 0.5) is 0 Å². The molecule has 4 nitrogen and oxygen atoms in total. The number of hydrogen-bond acceptors (Lipinski definition) is 1. The highest BCUT2D eigenvalue weighted by molar-refractivity contribution is 6.11. The van der Waals surface area contributed by atoms with Crippen molar-refractivity contribution in [3.63, 3.8) is 0 Å². The van der Waals surface area contributed by atoms with Gasteiger partial charge in [0.25, 0.3) is 5.82 Å². The van der Waals surface area contributed by atoms with Gasteiger partial charge < -0.3 is 4.57 Å². The van der Waals surface area contributed by atoms with E-state index in [1.165, 1.54) is 83.4 Å². The number of fused-ring (bicyclic) bond motifs is 11. The Balaban J connectivity index is 1.33. The van der Waals surface area contributed by atoms with Gasteiger partial charge in [-0.3, -0.25) is 4.99 Å². The van der Waals surface area contributed by atoms with Crippen LogP contribution in [0.1, 0.15) is 99.5 Å². The van der Waals surface area contributed by atoms with Gasteiger partial charge in [-0.05, 0) is 96.3 Å². The predicted molar refractivity (Wildman–Crippen MR) is 252 cm³/mol. The summed E-state index contributed by atoms with van der Waals surface area (Å²) in [6.07, 6.45) is 8.56. The minimum Gasteiger partial charge on any atom is -0.309 e. The zero-order valence-corrected chi connectivity index (χ0v) is 35.7. The summed E-state index contributed by atoms with van der Waals surface area (Å²) >= 11 is 0. The third-order valence-electron chi connectivity index (χ3n) is 13.1. The van der Waals surface area contributed by atoms with Gasteiger partial charge in [-0.25, -0.2) is 4.57 Å². The van der Waals surface area contributed by atoms with E-state index in [1.807, 2.05) is 0 Å². The molecule has 10 rings (SSSR count). The van der Waals surface area contributed by atoms with Crippen molar-refractivity contribution in [1.29, 1.82) is 0 Å². The van der Waals surface area contributed by atoms with Crippen LogP contribution in [0.3, 0.4) is 0 Å². The van der Waals surface area contributed by atoms with Gasteiger partial charge in [0.1, 0.15) is 12.2 Å². The maximum atomic E-state index is 5.66. The summed E-state index contributed by atoms with van der Waals surface area (Å²) in [6.45, 7) is 17.2. The molecule has 6 aromatic carbocycles. The molecule has 2 unspecified atom stereocenters. The molecule has 8 aromatic rings. The number of hydrogen-bond donors (Lipinski definition) is 0. The second kappa shape index (κ2) is 15.4. The molecule has 0 spiro atoms. The number of imidazole rings is 1. The van der Waals surface area contributed by atoms with Crippen molar-refractivity contribution in [3.8, 4) is 22.8 Å². The molecule has 0 amide bonds. The maximum Gasteiger partial charge on any atom is 0.295 e. The Labute approximate surface area is 354 Å². The molecule has 2 atom stereocenters. The normalized spacial score (nSPS) is 16.7. The number of aromatic nitrogens is 3. The van der Waals surface area contributed by atoms with Crippen LogP contribution in [0.25, 0.3) is 55.6 Å². The Morgan fingerprint density at radius 3 is 2.18 bits per heavy atom. The molecule has 298 valence electrons. The number of allylic oxidation sites excluding steroid dienone is 2. The van der Waals surface area contributed by atoms with Gasteiger partial charge in [0.05, 0.1) is 28.4 Å². The van der Waals surface area contributed by atoms with Crippen molar-refractivity contribution < 1.29 is 4.57 Å². The SMILES string of the molecule is C=C1C[n+]2c(n(-c3c(C(C)C)cccc3C(C)C)c3ccccc32)-c2cc3c4ccccc4n(-c4ccccc4)c3cc2CCC2c3ccccc3C(/C=C\CCC)=NC12. The minimum absolute atomic E-state index is 0.0566. The van der Waals surface area contributed by atoms with Gasteiger partial charge >= 0.3 is 0 Å². The Hall–Kier alpha value is -6.26. The fourth-order valence-electron chi connectivity index (χ4n) is 10.3. The molecule has 0 fully saturated rings. The fourth-order valence-corrected chi connectivity index (χ4v) is 10.3. The fraction of sp³-hybridized carbons (Fsp3) is 0.250. The average molecular weight is 784 g/mol. The first kappa shape index (κ1) is 38.0. The summed E-state index contributed by atoms with van der Waals surface area (Å²) in [5.74, 6) is 2.07. The molecule has 4 heterocycles. The molecule has 2 aliphatic rings. The van der Waals surface area contributed by atoms with E-state index in [9.17, 15) is 0 Å². The zero-order valence-electron chi connectivity index (χ0n) is 35.7. The van der Waals surface area contributed by atoms with E-state index in [-0.39, 0.29) is 12.0 Å². The van der Waals surface area contributed by atoms with E-state index in [1.54, 1.807) is 0 Å². The zero-order chi connectivity index (χ0) is 41.1. The van der Waals surface area contributed by atoms with Crippen LogP contribution in [0.15, 0.2) is 163 Å². The van der Waals surface area contributed by atoms with Crippen LogP contribution in [0.5, 0.6) is 0 Å². The molecule has 0 saturated heterocycles. The second-order valence-electron chi connectivity index (χ2n) is 17.6. The van der Waals surface area contributed by atoms with Crippen molar-refractivity contribution in [2.24, 2.45) is 4.99 Å². The summed E-state index contributed by atoms with van der Waals surface area (Å²) in [4.78, 5) is 5.66. The topological polar surface area (TPSA) is 26.1 Å². The number of para-hydroxylation sites is 5. The van der Waals surface area contributed by atoms with Crippen LogP contribution >= 0.6 is 0 Å². The Bertz CT molecular complexity index is 2980. The standard InChI is InChI=1S/C56H55N4/c1-7-8-10-27-49-44-23-14-13-22-43(44)46-32-31-39-33-53-48(45-24-15-16-28-50(45)59(53)40-20-11-9-12-21-40)34-47(39)56-58(35-38(6)54(46)57-49)51-29-17-18-30-52(51)60(56)55-41(36(2)3)25-19-26-42(55)37(4)5/h9-30,33-34,36-37,46,54H,6-8,31-32,35H2,1-5H3/q+1/b27-10-. The van der Waals surface area contributed by atoms with E-state index >= 15 is 0 Å². The second-order valence-corrected chi connectivity index (χ2v) is 17.6. The third-order valence-corrected chi connectivity index (χ3v) is 13.1. The van der Waals surface area contributed by atoms with Crippen molar-refractivity contribution in [2.45, 2.75) is 90.6 Å². The lowest BCUT2D eigenvalue weighted by atomic mass is 9.77. The molecule has 0 bridgehead atoms. The summed E-state index contributed by atoms with van der Waals surface area (Å²) in [6, 6.07) is 49.8. The van der Waals surface area contributed by atoms with E-state index < -0.39 is 0 Å². The monoisotopic (exact) mass is 783 g/mol. The highest BCUT2D eigenvalue weighted by atomic mass is 15.2. The van der Waals surface area contributed by atoms with Crippen LogP contribution in [-0.4, -0.2) is 20.9 Å². The lowest BCUT2D eigenvalue weighted by Gasteiger charge is -2.33. The number of rotatable bonds is 7. The molecule has 0 saturated carbocycles.